The Balaban J connectivity index is 2.53. The summed E-state index contributed by atoms with van der Waals surface area (Å²) in [6, 6.07) is 4.65. The molecule has 4 heteroatoms. The van der Waals surface area contributed by atoms with Gasteiger partial charge in [-0.2, -0.15) is 0 Å². The van der Waals surface area contributed by atoms with Gasteiger partial charge in [0.15, 0.2) is 0 Å². The Kier molecular flexibility index (Phi) is 4.92. The van der Waals surface area contributed by atoms with Crippen LogP contribution < -0.4 is 5.73 Å². The van der Waals surface area contributed by atoms with Crippen molar-refractivity contribution in [2.45, 2.75) is 25.8 Å². The molecule has 96 valence electrons. The van der Waals surface area contributed by atoms with Gasteiger partial charge in [0, 0.05) is 23.7 Å². The third-order valence-corrected chi connectivity index (χ3v) is 2.68. The predicted octanol–water partition coefficient (Wildman–Crippen LogP) is 2.69. The van der Waals surface area contributed by atoms with E-state index in [0.717, 1.165) is 13.1 Å². The molecular weight excluding hydrogens is 239 g/mol. The van der Waals surface area contributed by atoms with Gasteiger partial charge in [-0.25, -0.2) is 4.39 Å². The number of halogens is 2. The van der Waals surface area contributed by atoms with Gasteiger partial charge in [0.25, 0.3) is 0 Å². The van der Waals surface area contributed by atoms with Crippen molar-refractivity contribution in [2.24, 2.45) is 5.73 Å². The number of rotatable bonds is 5. The molecular formula is C13H20ClFN2. The van der Waals surface area contributed by atoms with Crippen molar-refractivity contribution >= 4 is 11.6 Å². The maximum Gasteiger partial charge on any atom is 0.126 e. The van der Waals surface area contributed by atoms with E-state index in [1.54, 1.807) is 12.1 Å². The van der Waals surface area contributed by atoms with E-state index < -0.39 is 0 Å². The molecule has 2 nitrogen and oxygen atoms in total. The highest BCUT2D eigenvalue weighted by atomic mass is 35.5. The lowest BCUT2D eigenvalue weighted by atomic mass is 10.1. The van der Waals surface area contributed by atoms with Crippen LogP contribution in [0.3, 0.4) is 0 Å². The number of likely N-dealkylation sites (N-methyl/N-ethyl adjacent to an activating group) is 1. The highest BCUT2D eigenvalue weighted by Gasteiger charge is 2.14. The smallest absolute Gasteiger partial charge is 0.126 e. The summed E-state index contributed by atoms with van der Waals surface area (Å²) in [4.78, 5) is 2.10. The average Bonchev–Trinajstić information content (AvgIpc) is 2.17. The van der Waals surface area contributed by atoms with E-state index in [1.165, 1.54) is 6.07 Å². The third kappa shape index (κ3) is 5.48. The van der Waals surface area contributed by atoms with Gasteiger partial charge in [0.1, 0.15) is 5.82 Å². The second-order valence-corrected chi connectivity index (χ2v) is 5.65. The normalized spacial score (nSPS) is 12.2. The first-order valence-electron chi connectivity index (χ1n) is 5.69. The van der Waals surface area contributed by atoms with E-state index in [-0.39, 0.29) is 11.4 Å². The number of nitrogens with zero attached hydrogens (tertiary/aromatic N) is 1. The number of hydrogen-bond donors (Lipinski definition) is 1. The number of nitrogens with two attached hydrogens (primary N) is 1. The monoisotopic (exact) mass is 258 g/mol. The van der Waals surface area contributed by atoms with Crippen molar-refractivity contribution in [3.63, 3.8) is 0 Å². The summed E-state index contributed by atoms with van der Waals surface area (Å²) in [6.45, 7) is 5.49. The van der Waals surface area contributed by atoms with Crippen molar-refractivity contribution < 1.29 is 4.39 Å². The Morgan fingerprint density at radius 1 is 1.41 bits per heavy atom. The Morgan fingerprint density at radius 3 is 2.65 bits per heavy atom. The molecule has 0 spiro atoms. The van der Waals surface area contributed by atoms with E-state index >= 15 is 0 Å². The SMILES string of the molecule is CN(CCc1cc(Cl)ccc1F)CC(C)(C)N. The summed E-state index contributed by atoms with van der Waals surface area (Å²) in [5, 5.41) is 0.572. The Morgan fingerprint density at radius 2 is 2.06 bits per heavy atom. The Bertz CT molecular complexity index is 374. The average molecular weight is 259 g/mol. The van der Waals surface area contributed by atoms with Crippen LogP contribution >= 0.6 is 11.6 Å². The van der Waals surface area contributed by atoms with Crippen LogP contribution in [0.4, 0.5) is 4.39 Å². The molecule has 0 atom stereocenters. The molecule has 0 saturated carbocycles. The largest absolute Gasteiger partial charge is 0.324 e. The van der Waals surface area contributed by atoms with E-state index in [1.807, 2.05) is 20.9 Å². The molecule has 0 heterocycles. The predicted molar refractivity (Wildman–Crippen MR) is 70.9 cm³/mol. The molecule has 0 aliphatic carbocycles. The fourth-order valence-electron chi connectivity index (χ4n) is 1.82. The van der Waals surface area contributed by atoms with E-state index in [9.17, 15) is 4.39 Å². The molecule has 1 aromatic carbocycles. The third-order valence-electron chi connectivity index (χ3n) is 2.45. The highest BCUT2D eigenvalue weighted by Crippen LogP contribution is 2.15. The van der Waals surface area contributed by atoms with Crippen molar-refractivity contribution in [3.8, 4) is 0 Å². The van der Waals surface area contributed by atoms with Crippen LogP contribution in [0.2, 0.25) is 5.02 Å². The number of hydrogen-bond acceptors (Lipinski definition) is 2. The van der Waals surface area contributed by atoms with Crippen LogP contribution in [-0.4, -0.2) is 30.6 Å². The van der Waals surface area contributed by atoms with Crippen molar-refractivity contribution in [1.82, 2.24) is 4.90 Å². The molecule has 0 aliphatic heterocycles. The lowest BCUT2D eigenvalue weighted by Crippen LogP contribution is -2.44. The maximum absolute atomic E-state index is 13.5. The zero-order chi connectivity index (χ0) is 13.1. The van der Waals surface area contributed by atoms with Gasteiger partial charge in [-0.15, -0.1) is 0 Å². The summed E-state index contributed by atoms with van der Waals surface area (Å²) in [6.07, 6.45) is 0.638. The minimum Gasteiger partial charge on any atom is -0.324 e. The van der Waals surface area contributed by atoms with Crippen molar-refractivity contribution in [1.29, 1.82) is 0 Å². The van der Waals surface area contributed by atoms with Crippen molar-refractivity contribution in [3.05, 3.63) is 34.6 Å². The van der Waals surface area contributed by atoms with Crippen LogP contribution in [-0.2, 0) is 6.42 Å². The second-order valence-electron chi connectivity index (χ2n) is 5.21. The van der Waals surface area contributed by atoms with Crippen LogP contribution in [0.1, 0.15) is 19.4 Å². The number of benzene rings is 1. The summed E-state index contributed by atoms with van der Waals surface area (Å²) < 4.78 is 13.5. The molecule has 0 bridgehead atoms. The van der Waals surface area contributed by atoms with E-state index in [0.29, 0.717) is 17.0 Å². The Labute approximate surface area is 108 Å². The lowest BCUT2D eigenvalue weighted by Gasteiger charge is -2.26. The fraction of sp³-hybridized carbons (Fsp3) is 0.538. The minimum atomic E-state index is -0.234. The zero-order valence-corrected chi connectivity index (χ0v) is 11.4. The summed E-state index contributed by atoms with van der Waals surface area (Å²) in [5.74, 6) is -0.199. The first-order chi connectivity index (χ1) is 7.78. The first kappa shape index (κ1) is 14.4. The van der Waals surface area contributed by atoms with Crippen LogP contribution in [0.25, 0.3) is 0 Å². The van der Waals surface area contributed by atoms with Crippen LogP contribution in [0.15, 0.2) is 18.2 Å². The molecule has 0 saturated heterocycles. The molecule has 0 aromatic heterocycles. The molecule has 0 aliphatic rings. The first-order valence-corrected chi connectivity index (χ1v) is 6.07. The van der Waals surface area contributed by atoms with E-state index in [2.05, 4.69) is 4.90 Å². The summed E-state index contributed by atoms with van der Waals surface area (Å²) >= 11 is 5.84. The molecule has 0 fully saturated rings. The van der Waals surface area contributed by atoms with Gasteiger partial charge < -0.3 is 10.6 Å². The molecule has 17 heavy (non-hydrogen) atoms. The fourth-order valence-corrected chi connectivity index (χ4v) is 2.02. The van der Waals surface area contributed by atoms with Gasteiger partial charge in [0.05, 0.1) is 0 Å². The minimum absolute atomic E-state index is 0.199. The summed E-state index contributed by atoms with van der Waals surface area (Å²) in [7, 11) is 1.98. The maximum atomic E-state index is 13.5. The van der Waals surface area contributed by atoms with Gasteiger partial charge in [-0.05, 0) is 51.1 Å². The van der Waals surface area contributed by atoms with Gasteiger partial charge in [-0.3, -0.25) is 0 Å². The standard InChI is InChI=1S/C13H20ClFN2/c1-13(2,16)9-17(3)7-6-10-8-11(14)4-5-12(10)15/h4-5,8H,6-7,9,16H2,1-3H3. The van der Waals surface area contributed by atoms with Crippen LogP contribution in [0.5, 0.6) is 0 Å². The molecule has 1 rings (SSSR count). The van der Waals surface area contributed by atoms with Gasteiger partial charge >= 0.3 is 0 Å². The van der Waals surface area contributed by atoms with Gasteiger partial charge in [-0.1, -0.05) is 11.6 Å². The topological polar surface area (TPSA) is 29.3 Å². The van der Waals surface area contributed by atoms with E-state index in [4.69, 9.17) is 17.3 Å². The quantitative estimate of drug-likeness (QED) is 0.880. The van der Waals surface area contributed by atoms with Crippen LogP contribution in [0, 0.1) is 5.82 Å². The highest BCUT2D eigenvalue weighted by molar-refractivity contribution is 6.30. The molecule has 1 aromatic rings. The zero-order valence-electron chi connectivity index (χ0n) is 10.6. The van der Waals surface area contributed by atoms with Gasteiger partial charge in [0.2, 0.25) is 0 Å². The Hall–Kier alpha value is -0.640. The second kappa shape index (κ2) is 5.80. The molecule has 2 N–H and O–H groups in total. The lowest BCUT2D eigenvalue weighted by molar-refractivity contribution is 0.272. The summed E-state index contributed by atoms with van der Waals surface area (Å²) in [5.41, 5.74) is 6.34. The molecule has 0 radical (unpaired) electrons. The van der Waals surface area contributed by atoms with Crippen molar-refractivity contribution in [2.75, 3.05) is 20.1 Å². The molecule has 0 unspecified atom stereocenters. The molecule has 0 amide bonds.